The fourth-order valence-electron chi connectivity index (χ4n) is 6.33. The summed E-state index contributed by atoms with van der Waals surface area (Å²) in [5.74, 6) is -7.18. The van der Waals surface area contributed by atoms with Crippen LogP contribution in [0.1, 0.15) is 72.9 Å². The summed E-state index contributed by atoms with van der Waals surface area (Å²) in [5, 5.41) is 107. The van der Waals surface area contributed by atoms with E-state index in [1.165, 1.54) is 0 Å². The van der Waals surface area contributed by atoms with Crippen molar-refractivity contribution in [3.63, 3.8) is 0 Å². The van der Waals surface area contributed by atoms with Crippen LogP contribution in [-0.2, 0) is 9.59 Å². The van der Waals surface area contributed by atoms with E-state index in [0.717, 1.165) is 12.4 Å². The van der Waals surface area contributed by atoms with Crippen molar-refractivity contribution in [3.05, 3.63) is 45.5 Å². The molecule has 0 unspecified atom stereocenters. The molecule has 2 atom stereocenters. The standard InChI is InChI=1S/C36H40N2O12/c1-13(2)23-17-7-15(5)25(31(43)27(17)19(29(41)33(23)45)9-37-21(11-39)35(47)48)26-16(6)8-18-24(14(3)4)34(46)30(42)20(28(18)32(26)44)10-38-22(12-40)36(49)50/h7-10,13-14,21-22,39-46H,11-12H2,1-6H3,(H,47,48)(H,49,50)/t21-,22-/m0/s1. The maximum absolute atomic E-state index is 12.1. The van der Waals surface area contributed by atoms with E-state index >= 15 is 0 Å². The number of aliphatic hydroxyl groups is 2. The quantitative estimate of drug-likeness (QED) is 0.0770. The van der Waals surface area contributed by atoms with E-state index in [2.05, 4.69) is 9.98 Å². The van der Waals surface area contributed by atoms with Crippen molar-refractivity contribution in [2.45, 2.75) is 65.5 Å². The van der Waals surface area contributed by atoms with Gasteiger partial charge in [-0.25, -0.2) is 9.59 Å². The van der Waals surface area contributed by atoms with Crippen molar-refractivity contribution in [1.82, 2.24) is 0 Å². The molecule has 266 valence electrons. The lowest BCUT2D eigenvalue weighted by atomic mass is 9.83. The largest absolute Gasteiger partial charge is 0.507 e. The van der Waals surface area contributed by atoms with Crippen LogP contribution in [0.5, 0.6) is 34.5 Å². The fourth-order valence-corrected chi connectivity index (χ4v) is 6.33. The maximum atomic E-state index is 12.1. The number of carboxylic acids is 2. The zero-order chi connectivity index (χ0) is 37.5. The molecule has 0 radical (unpaired) electrons. The van der Waals surface area contributed by atoms with Gasteiger partial charge >= 0.3 is 11.9 Å². The van der Waals surface area contributed by atoms with Gasteiger partial charge in [0.25, 0.3) is 0 Å². The highest BCUT2D eigenvalue weighted by molar-refractivity contribution is 6.15. The average molecular weight is 693 g/mol. The first-order valence-electron chi connectivity index (χ1n) is 15.6. The molecule has 0 aliphatic heterocycles. The lowest BCUT2D eigenvalue weighted by molar-refractivity contribution is -0.140. The third-order valence-corrected chi connectivity index (χ3v) is 8.67. The monoisotopic (exact) mass is 692 g/mol. The Labute approximate surface area is 286 Å². The Morgan fingerprint density at radius 3 is 1.18 bits per heavy atom. The Kier molecular flexibility index (Phi) is 10.5. The van der Waals surface area contributed by atoms with Gasteiger partial charge < -0.3 is 51.1 Å². The van der Waals surface area contributed by atoms with Crippen molar-refractivity contribution in [2.24, 2.45) is 9.98 Å². The first-order valence-corrected chi connectivity index (χ1v) is 15.6. The lowest BCUT2D eigenvalue weighted by Crippen LogP contribution is -2.22. The molecule has 0 bridgehead atoms. The van der Waals surface area contributed by atoms with Crippen LogP contribution in [0.4, 0.5) is 0 Å². The van der Waals surface area contributed by atoms with Gasteiger partial charge in [-0.2, -0.15) is 0 Å². The minimum atomic E-state index is -1.62. The maximum Gasteiger partial charge on any atom is 0.330 e. The molecule has 0 amide bonds. The number of benzene rings is 4. The molecule has 0 aliphatic rings. The second-order valence-corrected chi connectivity index (χ2v) is 12.7. The Balaban J connectivity index is 2.24. The van der Waals surface area contributed by atoms with Crippen LogP contribution in [0.25, 0.3) is 32.7 Å². The number of nitrogens with zero attached hydrogens (tertiary/aromatic N) is 2. The van der Waals surface area contributed by atoms with Crippen LogP contribution in [0.3, 0.4) is 0 Å². The molecular formula is C36H40N2O12. The number of phenols is 6. The SMILES string of the molecule is Cc1cc2c(C(C)C)c(O)c(O)c(C=N[C@@H](CO)C(=O)O)c2c(O)c1-c1c(C)cc2c(C(C)C)c(O)c(O)c(C=N[C@@H](CO)C(=O)O)c2c1O. The van der Waals surface area contributed by atoms with Crippen molar-refractivity contribution >= 4 is 45.9 Å². The van der Waals surface area contributed by atoms with Crippen molar-refractivity contribution in [1.29, 1.82) is 0 Å². The van der Waals surface area contributed by atoms with Gasteiger partial charge in [0.05, 0.1) is 13.2 Å². The van der Waals surface area contributed by atoms with Gasteiger partial charge in [-0.3, -0.25) is 9.98 Å². The lowest BCUT2D eigenvalue weighted by Gasteiger charge is -2.23. The molecule has 0 saturated carbocycles. The third-order valence-electron chi connectivity index (χ3n) is 8.67. The van der Waals surface area contributed by atoms with Crippen LogP contribution < -0.4 is 0 Å². The van der Waals surface area contributed by atoms with Gasteiger partial charge in [0.1, 0.15) is 11.5 Å². The summed E-state index contributed by atoms with van der Waals surface area (Å²) in [6, 6.07) is -0.0358. The topological polar surface area (TPSA) is 261 Å². The summed E-state index contributed by atoms with van der Waals surface area (Å²) in [7, 11) is 0. The van der Waals surface area contributed by atoms with Crippen LogP contribution in [0.15, 0.2) is 22.1 Å². The molecule has 10 N–H and O–H groups in total. The highest BCUT2D eigenvalue weighted by Crippen LogP contribution is 2.54. The second kappa shape index (κ2) is 14.1. The zero-order valence-corrected chi connectivity index (χ0v) is 28.2. The van der Waals surface area contributed by atoms with E-state index in [1.807, 2.05) is 0 Å². The number of aliphatic carboxylic acids is 2. The molecule has 4 rings (SSSR count). The summed E-state index contributed by atoms with van der Waals surface area (Å²) >= 11 is 0. The number of phenolic OH excluding ortho intramolecular Hbond substituents is 6. The van der Waals surface area contributed by atoms with Crippen LogP contribution in [0.2, 0.25) is 0 Å². The highest BCUT2D eigenvalue weighted by atomic mass is 16.4. The number of hydrogen-bond donors (Lipinski definition) is 10. The molecule has 0 heterocycles. The van der Waals surface area contributed by atoms with E-state index in [-0.39, 0.29) is 66.8 Å². The summed E-state index contributed by atoms with van der Waals surface area (Å²) in [4.78, 5) is 30.9. The van der Waals surface area contributed by atoms with E-state index in [1.54, 1.807) is 53.7 Å². The van der Waals surface area contributed by atoms with Crippen LogP contribution in [-0.4, -0.2) is 101 Å². The summed E-state index contributed by atoms with van der Waals surface area (Å²) in [6.45, 7) is 8.49. The van der Waals surface area contributed by atoms with Gasteiger partial charge in [0.15, 0.2) is 35.1 Å². The third kappa shape index (κ3) is 6.18. The van der Waals surface area contributed by atoms with E-state index in [4.69, 9.17) is 0 Å². The van der Waals surface area contributed by atoms with Gasteiger partial charge in [-0.1, -0.05) is 39.8 Å². The minimum Gasteiger partial charge on any atom is -0.507 e. The normalized spacial score (nSPS) is 13.4. The average Bonchev–Trinajstić information content (AvgIpc) is 3.02. The first kappa shape index (κ1) is 37.2. The predicted molar refractivity (Wildman–Crippen MR) is 187 cm³/mol. The fraction of sp³-hybridized carbons (Fsp3) is 0.333. The Bertz CT molecular complexity index is 1950. The van der Waals surface area contributed by atoms with Gasteiger partial charge in [-0.15, -0.1) is 0 Å². The number of aryl methyl sites for hydroxylation is 2. The summed E-state index contributed by atoms with van der Waals surface area (Å²) < 4.78 is 0. The minimum absolute atomic E-state index is 0.0427. The van der Waals surface area contributed by atoms with E-state index < -0.39 is 71.7 Å². The zero-order valence-electron chi connectivity index (χ0n) is 28.2. The predicted octanol–water partition coefficient (Wildman–Crippen LogP) is 4.49. The number of carbonyl (C=O) groups is 2. The van der Waals surface area contributed by atoms with Crippen molar-refractivity contribution in [2.75, 3.05) is 13.2 Å². The highest BCUT2D eigenvalue weighted by Gasteiger charge is 2.30. The molecule has 0 aliphatic carbocycles. The van der Waals surface area contributed by atoms with E-state index in [0.29, 0.717) is 11.1 Å². The Hall–Kier alpha value is -5.60. The number of rotatable bonds is 11. The van der Waals surface area contributed by atoms with Crippen LogP contribution in [0, 0.1) is 13.8 Å². The number of carboxylic acid groups (broad SMARTS) is 2. The van der Waals surface area contributed by atoms with Crippen molar-refractivity contribution < 1.29 is 60.7 Å². The Morgan fingerprint density at radius 2 is 0.920 bits per heavy atom. The number of hydrogen-bond acceptors (Lipinski definition) is 12. The molecule has 4 aromatic carbocycles. The molecule has 0 fully saturated rings. The first-order chi connectivity index (χ1) is 23.4. The van der Waals surface area contributed by atoms with Gasteiger partial charge in [-0.05, 0) is 47.6 Å². The number of aliphatic imine (C=N–C) groups is 2. The summed E-state index contributed by atoms with van der Waals surface area (Å²) in [5.41, 5.74) is 0.840. The molecule has 4 aromatic rings. The number of aliphatic hydroxyl groups excluding tert-OH is 2. The molecule has 14 heteroatoms. The summed E-state index contributed by atoms with van der Waals surface area (Å²) in [6.07, 6.45) is 1.85. The molecule has 50 heavy (non-hydrogen) atoms. The number of aromatic hydroxyl groups is 6. The molecule has 0 spiro atoms. The van der Waals surface area contributed by atoms with Gasteiger partial charge in [0.2, 0.25) is 0 Å². The molecule has 0 aromatic heterocycles. The smallest absolute Gasteiger partial charge is 0.330 e. The number of fused-ring (bicyclic) bond motifs is 2. The van der Waals surface area contributed by atoms with E-state index in [9.17, 15) is 60.7 Å². The molecular weight excluding hydrogens is 652 g/mol. The van der Waals surface area contributed by atoms with Gasteiger partial charge in [0, 0.05) is 56.6 Å². The molecule has 0 saturated heterocycles. The Morgan fingerprint density at radius 1 is 0.600 bits per heavy atom. The molecule has 14 nitrogen and oxygen atoms in total. The van der Waals surface area contributed by atoms with Crippen molar-refractivity contribution in [3.8, 4) is 45.6 Å². The van der Waals surface area contributed by atoms with Crippen LogP contribution >= 0.6 is 0 Å². The second-order valence-electron chi connectivity index (χ2n) is 12.7.